The maximum atomic E-state index is 12.8. The lowest BCUT2D eigenvalue weighted by Gasteiger charge is -2.22. The molecule has 2 aliphatic heterocycles. The van der Waals surface area contributed by atoms with Crippen molar-refractivity contribution in [3.05, 3.63) is 41.5 Å². The standard InChI is InChI=1S/C18H23N3O6S/c1-19-17(22)13-5-7-15(8-6-13)28(24,25)21-10-9-14(12-21)18(23)20-27-16-4-2-3-11-26-16/h5-9,16H,2-4,10-12H2,1H3,(H,19,22)(H,20,23). The van der Waals surface area contributed by atoms with Crippen molar-refractivity contribution in [3.63, 3.8) is 0 Å². The van der Waals surface area contributed by atoms with E-state index < -0.39 is 22.2 Å². The van der Waals surface area contributed by atoms with E-state index in [-0.39, 0.29) is 23.9 Å². The summed E-state index contributed by atoms with van der Waals surface area (Å²) in [5, 5.41) is 2.48. The summed E-state index contributed by atoms with van der Waals surface area (Å²) in [6, 6.07) is 5.64. The molecule has 9 nitrogen and oxygen atoms in total. The quantitative estimate of drug-likeness (QED) is 0.664. The van der Waals surface area contributed by atoms with E-state index in [0.717, 1.165) is 12.8 Å². The summed E-state index contributed by atoms with van der Waals surface area (Å²) in [6.45, 7) is 0.621. The Bertz CT molecular complexity index is 860. The molecule has 0 saturated carbocycles. The van der Waals surface area contributed by atoms with Crippen LogP contribution in [0.2, 0.25) is 0 Å². The van der Waals surface area contributed by atoms with Gasteiger partial charge in [-0.1, -0.05) is 6.08 Å². The average Bonchev–Trinajstić information content (AvgIpc) is 3.23. The van der Waals surface area contributed by atoms with Crippen molar-refractivity contribution in [3.8, 4) is 0 Å². The number of nitrogens with one attached hydrogen (secondary N) is 2. The molecule has 2 aliphatic rings. The molecule has 152 valence electrons. The summed E-state index contributed by atoms with van der Waals surface area (Å²) in [5.41, 5.74) is 3.01. The summed E-state index contributed by atoms with van der Waals surface area (Å²) >= 11 is 0. The van der Waals surface area contributed by atoms with Crippen molar-refractivity contribution in [2.45, 2.75) is 30.4 Å². The zero-order valence-electron chi connectivity index (χ0n) is 15.5. The van der Waals surface area contributed by atoms with Crippen molar-refractivity contribution >= 4 is 21.8 Å². The molecule has 0 aromatic heterocycles. The number of carbonyl (C=O) groups is 2. The number of rotatable bonds is 6. The van der Waals surface area contributed by atoms with E-state index >= 15 is 0 Å². The van der Waals surface area contributed by atoms with Gasteiger partial charge in [0.2, 0.25) is 10.0 Å². The minimum absolute atomic E-state index is 0.0553. The number of hydroxylamine groups is 1. The van der Waals surface area contributed by atoms with Crippen LogP contribution in [0.4, 0.5) is 0 Å². The van der Waals surface area contributed by atoms with Crippen LogP contribution in [0.25, 0.3) is 0 Å². The third-order valence-electron chi connectivity index (χ3n) is 4.58. The molecular formula is C18H23N3O6S. The van der Waals surface area contributed by atoms with Crippen LogP contribution in [0.3, 0.4) is 0 Å². The van der Waals surface area contributed by atoms with Crippen LogP contribution in [0.15, 0.2) is 40.8 Å². The van der Waals surface area contributed by atoms with Crippen LogP contribution in [0.1, 0.15) is 29.6 Å². The Kier molecular flexibility index (Phi) is 6.45. The first-order chi connectivity index (χ1) is 13.4. The Morgan fingerprint density at radius 2 is 1.93 bits per heavy atom. The largest absolute Gasteiger partial charge is 0.355 e. The second kappa shape index (κ2) is 8.82. The van der Waals surface area contributed by atoms with Gasteiger partial charge in [0.05, 0.1) is 4.90 Å². The van der Waals surface area contributed by atoms with Crippen LogP contribution in [-0.4, -0.2) is 57.6 Å². The highest BCUT2D eigenvalue weighted by molar-refractivity contribution is 7.89. The van der Waals surface area contributed by atoms with Gasteiger partial charge in [0.25, 0.3) is 11.8 Å². The summed E-state index contributed by atoms with van der Waals surface area (Å²) < 4.78 is 32.1. The molecule has 1 saturated heterocycles. The van der Waals surface area contributed by atoms with Gasteiger partial charge >= 0.3 is 0 Å². The van der Waals surface area contributed by atoms with Gasteiger partial charge in [0, 0.05) is 44.3 Å². The van der Waals surface area contributed by atoms with Gasteiger partial charge in [-0.15, -0.1) is 0 Å². The van der Waals surface area contributed by atoms with Gasteiger partial charge in [-0.2, -0.15) is 4.31 Å². The highest BCUT2D eigenvalue weighted by Crippen LogP contribution is 2.21. The third-order valence-corrected chi connectivity index (χ3v) is 6.41. The zero-order chi connectivity index (χ0) is 20.1. The van der Waals surface area contributed by atoms with Crippen LogP contribution in [0, 0.1) is 0 Å². The first kappa shape index (κ1) is 20.5. The molecule has 1 atom stereocenters. The molecule has 10 heteroatoms. The lowest BCUT2D eigenvalue weighted by Crippen LogP contribution is -2.36. The van der Waals surface area contributed by atoms with Crippen molar-refractivity contribution in [2.75, 3.05) is 26.7 Å². The van der Waals surface area contributed by atoms with Crippen LogP contribution < -0.4 is 10.8 Å². The Labute approximate surface area is 163 Å². The van der Waals surface area contributed by atoms with Crippen molar-refractivity contribution < 1.29 is 27.6 Å². The highest BCUT2D eigenvalue weighted by atomic mass is 32.2. The molecular weight excluding hydrogens is 386 g/mol. The van der Waals surface area contributed by atoms with E-state index in [4.69, 9.17) is 9.57 Å². The van der Waals surface area contributed by atoms with Gasteiger partial charge in [0.1, 0.15) is 0 Å². The molecule has 2 N–H and O–H groups in total. The number of amides is 2. The normalized spacial score (nSPS) is 20.5. The van der Waals surface area contributed by atoms with E-state index in [1.165, 1.54) is 35.6 Å². The SMILES string of the molecule is CNC(=O)c1ccc(S(=O)(=O)N2CC=C(C(=O)NOC3CCCCO3)C2)cc1. The van der Waals surface area contributed by atoms with Crippen molar-refractivity contribution in [1.29, 1.82) is 0 Å². The summed E-state index contributed by atoms with van der Waals surface area (Å²) in [5.74, 6) is -0.783. The first-order valence-corrected chi connectivity index (χ1v) is 10.4. The molecule has 1 fully saturated rings. The fourth-order valence-electron chi connectivity index (χ4n) is 2.94. The van der Waals surface area contributed by atoms with E-state index in [0.29, 0.717) is 24.2 Å². The fraction of sp³-hybridized carbons (Fsp3) is 0.444. The average molecular weight is 409 g/mol. The van der Waals surface area contributed by atoms with E-state index in [1.54, 1.807) is 6.08 Å². The number of benzene rings is 1. The molecule has 0 aliphatic carbocycles. The molecule has 1 aromatic carbocycles. The van der Waals surface area contributed by atoms with Crippen LogP contribution >= 0.6 is 0 Å². The van der Waals surface area contributed by atoms with Gasteiger partial charge in [-0.3, -0.25) is 9.59 Å². The zero-order valence-corrected chi connectivity index (χ0v) is 16.3. The monoisotopic (exact) mass is 409 g/mol. The Morgan fingerprint density at radius 3 is 2.57 bits per heavy atom. The maximum Gasteiger partial charge on any atom is 0.271 e. The Morgan fingerprint density at radius 1 is 1.18 bits per heavy atom. The fourth-order valence-corrected chi connectivity index (χ4v) is 4.30. The number of ether oxygens (including phenoxy) is 1. The van der Waals surface area contributed by atoms with Crippen LogP contribution in [-0.2, 0) is 24.4 Å². The lowest BCUT2D eigenvalue weighted by molar-refractivity contribution is -0.198. The van der Waals surface area contributed by atoms with Crippen molar-refractivity contribution in [2.24, 2.45) is 0 Å². The molecule has 1 aromatic rings. The number of sulfonamides is 1. The summed E-state index contributed by atoms with van der Waals surface area (Å²) in [6.07, 6.45) is 3.71. The number of hydrogen-bond acceptors (Lipinski definition) is 6. The smallest absolute Gasteiger partial charge is 0.271 e. The number of hydrogen-bond donors (Lipinski definition) is 2. The molecule has 1 unspecified atom stereocenters. The van der Waals surface area contributed by atoms with Gasteiger partial charge in [-0.25, -0.2) is 18.7 Å². The predicted molar refractivity (Wildman–Crippen MR) is 99.5 cm³/mol. The third kappa shape index (κ3) is 4.58. The Balaban J connectivity index is 1.58. The summed E-state index contributed by atoms with van der Waals surface area (Å²) in [4.78, 5) is 29.1. The molecule has 28 heavy (non-hydrogen) atoms. The molecule has 0 spiro atoms. The van der Waals surface area contributed by atoms with E-state index in [2.05, 4.69) is 10.8 Å². The summed E-state index contributed by atoms with van der Waals surface area (Å²) in [7, 11) is -2.29. The number of nitrogens with zero attached hydrogens (tertiary/aromatic N) is 1. The van der Waals surface area contributed by atoms with Crippen molar-refractivity contribution in [1.82, 2.24) is 15.1 Å². The molecule has 2 heterocycles. The van der Waals surface area contributed by atoms with Gasteiger partial charge in [0.15, 0.2) is 6.29 Å². The first-order valence-electron chi connectivity index (χ1n) is 9.01. The van der Waals surface area contributed by atoms with E-state index in [1.807, 2.05) is 0 Å². The molecule has 0 bridgehead atoms. The predicted octanol–water partition coefficient (Wildman–Crippen LogP) is 0.551. The highest BCUT2D eigenvalue weighted by Gasteiger charge is 2.31. The van der Waals surface area contributed by atoms with E-state index in [9.17, 15) is 18.0 Å². The van der Waals surface area contributed by atoms with Gasteiger partial charge < -0.3 is 10.1 Å². The van der Waals surface area contributed by atoms with Gasteiger partial charge in [-0.05, 0) is 37.1 Å². The van der Waals surface area contributed by atoms with Crippen LogP contribution in [0.5, 0.6) is 0 Å². The Hall–Kier alpha value is -2.27. The number of carbonyl (C=O) groups excluding carboxylic acids is 2. The minimum Gasteiger partial charge on any atom is -0.355 e. The maximum absolute atomic E-state index is 12.8. The lowest BCUT2D eigenvalue weighted by atomic mass is 10.2. The second-order valence-electron chi connectivity index (χ2n) is 6.48. The molecule has 0 radical (unpaired) electrons. The topological polar surface area (TPSA) is 114 Å². The molecule has 2 amide bonds. The molecule has 3 rings (SSSR count). The minimum atomic E-state index is -3.79. The second-order valence-corrected chi connectivity index (χ2v) is 8.41.